The molecule has 3 rings (SSSR count). The summed E-state index contributed by atoms with van der Waals surface area (Å²) in [5, 5.41) is 11.7. The third-order valence-electron chi connectivity index (χ3n) is 6.22. The molecule has 1 aliphatic heterocycles. The third-order valence-corrected chi connectivity index (χ3v) is 6.22. The molecular formula is C27H24F3N5O3. The lowest BCUT2D eigenvalue weighted by Crippen LogP contribution is -2.53. The lowest BCUT2D eigenvalue weighted by molar-refractivity contribution is -0.139. The summed E-state index contributed by atoms with van der Waals surface area (Å²) in [6, 6.07) is 11.0. The molecule has 2 aromatic carbocycles. The monoisotopic (exact) mass is 523 g/mol. The van der Waals surface area contributed by atoms with Crippen LogP contribution in [0.4, 0.5) is 18.9 Å². The van der Waals surface area contributed by atoms with Gasteiger partial charge < -0.3 is 10.2 Å². The molecule has 1 aliphatic rings. The van der Waals surface area contributed by atoms with Crippen LogP contribution < -0.4 is 10.2 Å². The van der Waals surface area contributed by atoms with Crippen molar-refractivity contribution < 1.29 is 27.6 Å². The minimum absolute atomic E-state index is 0.0292. The molecule has 0 fully saturated rings. The molecule has 3 amide bonds. The summed E-state index contributed by atoms with van der Waals surface area (Å²) in [6.07, 6.45) is -4.68. The van der Waals surface area contributed by atoms with Crippen molar-refractivity contribution in [3.05, 3.63) is 88.0 Å². The average Bonchev–Trinajstić information content (AvgIpc) is 2.87. The van der Waals surface area contributed by atoms with Gasteiger partial charge >= 0.3 is 6.18 Å². The number of hydrogen-bond donors (Lipinski definition) is 1. The van der Waals surface area contributed by atoms with E-state index in [0.29, 0.717) is 11.1 Å². The molecule has 2 aromatic rings. The normalized spacial score (nSPS) is 18.3. The smallest absolute Gasteiger partial charge is 0.347 e. The quantitative estimate of drug-likeness (QED) is 0.472. The largest absolute Gasteiger partial charge is 0.416 e. The molecule has 2 unspecified atom stereocenters. The predicted molar refractivity (Wildman–Crippen MR) is 132 cm³/mol. The van der Waals surface area contributed by atoms with Gasteiger partial charge in [0.1, 0.15) is 12.0 Å². The Balaban J connectivity index is 2.20. The van der Waals surface area contributed by atoms with Crippen molar-refractivity contribution in [2.45, 2.75) is 32.0 Å². The van der Waals surface area contributed by atoms with E-state index in [0.717, 1.165) is 23.1 Å². The highest BCUT2D eigenvalue weighted by atomic mass is 19.4. The molecule has 0 aromatic heterocycles. The Hall–Kier alpha value is -4.64. The molecule has 0 bridgehead atoms. The van der Waals surface area contributed by atoms with Crippen LogP contribution in [0.2, 0.25) is 0 Å². The Morgan fingerprint density at radius 1 is 1.18 bits per heavy atom. The fourth-order valence-corrected chi connectivity index (χ4v) is 4.37. The van der Waals surface area contributed by atoms with E-state index in [-0.39, 0.29) is 17.1 Å². The maximum atomic E-state index is 13.9. The maximum Gasteiger partial charge on any atom is 0.416 e. The van der Waals surface area contributed by atoms with E-state index in [1.165, 1.54) is 63.2 Å². The number of hydrogen-bond acceptors (Lipinski definition) is 4. The third kappa shape index (κ3) is 5.37. The molecule has 8 nitrogen and oxygen atoms in total. The van der Waals surface area contributed by atoms with Crippen LogP contribution in [-0.4, -0.2) is 42.8 Å². The first-order valence-corrected chi connectivity index (χ1v) is 11.4. The van der Waals surface area contributed by atoms with Gasteiger partial charge in [0.15, 0.2) is 5.70 Å². The number of amides is 3. The molecule has 1 heterocycles. The van der Waals surface area contributed by atoms with Crippen molar-refractivity contribution in [3.8, 4) is 6.07 Å². The number of carbonyl (C=O) groups excluding carboxylic acids is 3. The summed E-state index contributed by atoms with van der Waals surface area (Å²) in [4.78, 5) is 45.6. The van der Waals surface area contributed by atoms with Gasteiger partial charge in [-0.15, -0.1) is 0 Å². The summed E-state index contributed by atoms with van der Waals surface area (Å²) in [5.41, 5.74) is -0.410. The number of nitrogens with one attached hydrogen (secondary N) is 1. The minimum atomic E-state index is -4.68. The van der Waals surface area contributed by atoms with Crippen molar-refractivity contribution in [2.75, 3.05) is 19.0 Å². The first kappa shape index (κ1) is 27.9. The van der Waals surface area contributed by atoms with Crippen LogP contribution in [-0.2, 0) is 20.6 Å². The highest BCUT2D eigenvalue weighted by Gasteiger charge is 2.47. The molecule has 11 heteroatoms. The molecule has 1 N–H and O–H groups in total. The van der Waals surface area contributed by atoms with E-state index in [2.05, 4.69) is 10.2 Å². The van der Waals surface area contributed by atoms with Crippen LogP contribution in [0.3, 0.4) is 0 Å². The number of carbonyl (C=O) groups is 3. The zero-order valence-electron chi connectivity index (χ0n) is 21.0. The molecule has 3 atom stereocenters. The number of nitrogens with zero attached hydrogens (tertiary/aromatic N) is 4. The Kier molecular flexibility index (Phi) is 7.92. The van der Waals surface area contributed by atoms with Gasteiger partial charge in [0, 0.05) is 31.4 Å². The molecule has 0 radical (unpaired) electrons. The zero-order chi connectivity index (χ0) is 28.4. The fourth-order valence-electron chi connectivity index (χ4n) is 4.37. The van der Waals surface area contributed by atoms with Crippen LogP contribution in [0.25, 0.3) is 4.85 Å². The van der Waals surface area contributed by atoms with Gasteiger partial charge in [-0.3, -0.25) is 19.3 Å². The molecule has 0 saturated heterocycles. The highest BCUT2D eigenvalue weighted by Crippen LogP contribution is 2.43. The van der Waals surface area contributed by atoms with Gasteiger partial charge in [0.2, 0.25) is 17.7 Å². The van der Waals surface area contributed by atoms with Crippen LogP contribution >= 0.6 is 0 Å². The minimum Gasteiger partial charge on any atom is -0.347 e. The molecule has 38 heavy (non-hydrogen) atoms. The van der Waals surface area contributed by atoms with E-state index >= 15 is 0 Å². The van der Waals surface area contributed by atoms with E-state index in [4.69, 9.17) is 11.8 Å². The number of halogens is 3. The summed E-state index contributed by atoms with van der Waals surface area (Å²) < 4.78 is 40.3. The van der Waals surface area contributed by atoms with Crippen molar-refractivity contribution >= 4 is 23.4 Å². The maximum absolute atomic E-state index is 13.9. The standard InChI is InChI=1S/C27H24F3N5O3/c1-15(25(37)34(4)5)33-24(36)22-21(18-11-9-17(14-31)10-12-18)23(32-3)16(2)35(26(22)38)20-8-6-7-19(13-20)27(28,29)30/h6-13,15,21-22H,1-2,4-5H3,(H,33,36)/t15-,21?,22?/m0/s1. The molecule has 0 spiro atoms. The zero-order valence-corrected chi connectivity index (χ0v) is 21.0. The first-order chi connectivity index (χ1) is 17.8. The Morgan fingerprint density at radius 3 is 2.34 bits per heavy atom. The van der Waals surface area contributed by atoms with Gasteiger partial charge in [-0.05, 0) is 49.7 Å². The second-order valence-corrected chi connectivity index (χ2v) is 8.96. The van der Waals surface area contributed by atoms with E-state index in [1.807, 2.05) is 6.07 Å². The predicted octanol–water partition coefficient (Wildman–Crippen LogP) is 4.07. The van der Waals surface area contributed by atoms with E-state index < -0.39 is 47.3 Å². The summed E-state index contributed by atoms with van der Waals surface area (Å²) in [5.74, 6) is -4.84. The van der Waals surface area contributed by atoms with Gasteiger partial charge in [0.25, 0.3) is 0 Å². The van der Waals surface area contributed by atoms with Crippen molar-refractivity contribution in [1.29, 1.82) is 5.26 Å². The number of anilines is 1. The van der Waals surface area contributed by atoms with Gasteiger partial charge in [-0.25, -0.2) is 4.85 Å². The second kappa shape index (κ2) is 10.8. The average molecular weight is 524 g/mol. The van der Waals surface area contributed by atoms with E-state index in [1.54, 1.807) is 0 Å². The second-order valence-electron chi connectivity index (χ2n) is 8.96. The lowest BCUT2D eigenvalue weighted by atomic mass is 9.78. The van der Waals surface area contributed by atoms with E-state index in [9.17, 15) is 27.6 Å². The SMILES string of the molecule is [C-]#[N+]C1=C(C)N(c2cccc(C(F)(F)F)c2)C(=O)C(C(=O)N[C@@H](C)C(=O)N(C)C)C1c1ccc(C#N)cc1. The van der Waals surface area contributed by atoms with Gasteiger partial charge in [-0.2, -0.15) is 18.4 Å². The van der Waals surface area contributed by atoms with Crippen LogP contribution in [0.5, 0.6) is 0 Å². The Labute approximate surface area is 217 Å². The van der Waals surface area contributed by atoms with Crippen molar-refractivity contribution in [1.82, 2.24) is 10.2 Å². The van der Waals surface area contributed by atoms with Crippen LogP contribution in [0.1, 0.15) is 36.5 Å². The van der Waals surface area contributed by atoms with Gasteiger partial charge in [0.05, 0.1) is 23.8 Å². The topological polar surface area (TPSA) is 97.9 Å². The fraction of sp³-hybridized carbons (Fsp3) is 0.296. The Morgan fingerprint density at radius 2 is 1.82 bits per heavy atom. The Bertz CT molecular complexity index is 1380. The van der Waals surface area contributed by atoms with Gasteiger partial charge in [-0.1, -0.05) is 18.2 Å². The number of alkyl halides is 3. The number of rotatable bonds is 5. The summed E-state index contributed by atoms with van der Waals surface area (Å²) >= 11 is 0. The van der Waals surface area contributed by atoms with Crippen molar-refractivity contribution in [3.63, 3.8) is 0 Å². The first-order valence-electron chi connectivity index (χ1n) is 11.4. The molecule has 196 valence electrons. The molecule has 0 aliphatic carbocycles. The highest BCUT2D eigenvalue weighted by molar-refractivity contribution is 6.12. The van der Waals surface area contributed by atoms with Crippen LogP contribution in [0, 0.1) is 23.8 Å². The number of likely N-dealkylation sites (N-methyl/N-ethyl adjacent to an activating group) is 1. The number of nitriles is 1. The summed E-state index contributed by atoms with van der Waals surface area (Å²) in [6.45, 7) is 10.7. The van der Waals surface area contributed by atoms with Crippen LogP contribution in [0.15, 0.2) is 59.9 Å². The summed E-state index contributed by atoms with van der Waals surface area (Å²) in [7, 11) is 2.99. The molecule has 0 saturated carbocycles. The number of allylic oxidation sites excluding steroid dienone is 2. The lowest BCUT2D eigenvalue weighted by Gasteiger charge is -2.38. The van der Waals surface area contributed by atoms with Crippen molar-refractivity contribution in [2.24, 2.45) is 5.92 Å². The number of benzene rings is 2. The molecular weight excluding hydrogens is 499 g/mol.